The second-order valence-corrected chi connectivity index (χ2v) is 6.84. The van der Waals surface area contributed by atoms with Gasteiger partial charge in [0.25, 0.3) is 0 Å². The lowest BCUT2D eigenvalue weighted by Gasteiger charge is -2.25. The molecule has 1 amide bonds. The van der Waals surface area contributed by atoms with Crippen LogP contribution in [0.2, 0.25) is 0 Å². The summed E-state index contributed by atoms with van der Waals surface area (Å²) in [5.74, 6) is 0.328. The van der Waals surface area contributed by atoms with E-state index in [1.54, 1.807) is 0 Å². The van der Waals surface area contributed by atoms with Gasteiger partial charge >= 0.3 is 0 Å². The Morgan fingerprint density at radius 3 is 2.42 bits per heavy atom. The predicted molar refractivity (Wildman–Crippen MR) is 80.4 cm³/mol. The number of carbonyl (C=O) groups is 1. The minimum atomic E-state index is -0.527. The average Bonchev–Trinajstić information content (AvgIpc) is 2.34. The van der Waals surface area contributed by atoms with Crippen LogP contribution in [-0.2, 0) is 4.79 Å². The first-order valence-electron chi connectivity index (χ1n) is 6.43. The number of aryl methyl sites for hydroxylation is 1. The van der Waals surface area contributed by atoms with Gasteiger partial charge in [-0.2, -0.15) is 0 Å². The van der Waals surface area contributed by atoms with Crippen molar-refractivity contribution in [3.05, 3.63) is 29.8 Å². The molecule has 0 bridgehead atoms. The van der Waals surface area contributed by atoms with Gasteiger partial charge in [0.15, 0.2) is 0 Å². The molecule has 0 aliphatic rings. The highest BCUT2D eigenvalue weighted by atomic mass is 32.2. The normalized spacial score (nSPS) is 13.1. The van der Waals surface area contributed by atoms with Gasteiger partial charge in [-0.25, -0.2) is 0 Å². The van der Waals surface area contributed by atoms with Crippen LogP contribution in [0.5, 0.6) is 0 Å². The van der Waals surface area contributed by atoms with Gasteiger partial charge in [0.2, 0.25) is 5.91 Å². The van der Waals surface area contributed by atoms with Crippen LogP contribution in [-0.4, -0.2) is 29.4 Å². The van der Waals surface area contributed by atoms with Gasteiger partial charge in [-0.1, -0.05) is 38.5 Å². The van der Waals surface area contributed by atoms with Crippen LogP contribution in [0.4, 0.5) is 0 Å². The molecule has 19 heavy (non-hydrogen) atoms. The zero-order valence-corrected chi connectivity index (χ0v) is 12.9. The van der Waals surface area contributed by atoms with E-state index in [1.165, 1.54) is 17.3 Å². The van der Waals surface area contributed by atoms with Crippen molar-refractivity contribution in [1.82, 2.24) is 5.32 Å². The Morgan fingerprint density at radius 1 is 1.32 bits per heavy atom. The van der Waals surface area contributed by atoms with E-state index in [2.05, 4.69) is 5.32 Å². The first kappa shape index (κ1) is 16.1. The first-order chi connectivity index (χ1) is 8.79. The van der Waals surface area contributed by atoms with Crippen LogP contribution in [0, 0.1) is 12.3 Å². The molecule has 0 heterocycles. The van der Waals surface area contributed by atoms with Gasteiger partial charge in [0.05, 0.1) is 11.9 Å². The van der Waals surface area contributed by atoms with Crippen LogP contribution in [0.1, 0.15) is 26.3 Å². The SMILES string of the molecule is Cc1ccc(SCC(=O)NCC(O)C(C)(C)C)cc1. The summed E-state index contributed by atoms with van der Waals surface area (Å²) < 4.78 is 0. The number of aliphatic hydroxyl groups excluding tert-OH is 1. The number of hydrogen-bond acceptors (Lipinski definition) is 3. The lowest BCUT2D eigenvalue weighted by atomic mass is 9.89. The fourth-order valence-electron chi connectivity index (χ4n) is 1.35. The summed E-state index contributed by atoms with van der Waals surface area (Å²) in [6.45, 7) is 8.19. The molecule has 0 radical (unpaired) electrons. The topological polar surface area (TPSA) is 49.3 Å². The Kier molecular flexibility index (Phi) is 5.88. The van der Waals surface area contributed by atoms with E-state index >= 15 is 0 Å². The average molecular weight is 281 g/mol. The lowest BCUT2D eigenvalue weighted by molar-refractivity contribution is -0.119. The molecule has 4 heteroatoms. The molecule has 106 valence electrons. The van der Waals surface area contributed by atoms with Crippen molar-refractivity contribution in [2.24, 2.45) is 5.41 Å². The maximum absolute atomic E-state index is 11.7. The Morgan fingerprint density at radius 2 is 1.89 bits per heavy atom. The number of aliphatic hydroxyl groups is 1. The largest absolute Gasteiger partial charge is 0.391 e. The maximum atomic E-state index is 11.7. The standard InChI is InChI=1S/C15H23NO2S/c1-11-5-7-12(8-6-11)19-10-14(18)16-9-13(17)15(2,3)4/h5-8,13,17H,9-10H2,1-4H3,(H,16,18). The summed E-state index contributed by atoms with van der Waals surface area (Å²) >= 11 is 1.50. The predicted octanol–water partition coefficient (Wildman–Crippen LogP) is 2.61. The second-order valence-electron chi connectivity index (χ2n) is 5.79. The molecular formula is C15H23NO2S. The van der Waals surface area contributed by atoms with Gasteiger partial charge < -0.3 is 10.4 Å². The van der Waals surface area contributed by atoms with Crippen molar-refractivity contribution in [2.75, 3.05) is 12.3 Å². The summed E-state index contributed by atoms with van der Waals surface area (Å²) in [5.41, 5.74) is 0.999. The smallest absolute Gasteiger partial charge is 0.230 e. The van der Waals surface area contributed by atoms with E-state index in [1.807, 2.05) is 52.0 Å². The summed E-state index contributed by atoms with van der Waals surface area (Å²) in [4.78, 5) is 12.8. The summed E-state index contributed by atoms with van der Waals surface area (Å²) in [6, 6.07) is 8.09. The van der Waals surface area contributed by atoms with Crippen molar-refractivity contribution < 1.29 is 9.90 Å². The van der Waals surface area contributed by atoms with E-state index in [4.69, 9.17) is 0 Å². The van der Waals surface area contributed by atoms with Crippen LogP contribution < -0.4 is 5.32 Å². The molecule has 0 fully saturated rings. The molecule has 0 saturated carbocycles. The van der Waals surface area contributed by atoms with E-state index in [9.17, 15) is 9.90 Å². The number of hydrogen-bond donors (Lipinski definition) is 2. The first-order valence-corrected chi connectivity index (χ1v) is 7.42. The number of carbonyl (C=O) groups excluding carboxylic acids is 1. The van der Waals surface area contributed by atoms with Gasteiger partial charge in [-0.05, 0) is 24.5 Å². The van der Waals surface area contributed by atoms with Crippen molar-refractivity contribution in [1.29, 1.82) is 0 Å². The van der Waals surface area contributed by atoms with E-state index < -0.39 is 6.10 Å². The maximum Gasteiger partial charge on any atom is 0.230 e. The third kappa shape index (κ3) is 6.12. The molecular weight excluding hydrogens is 258 g/mol. The van der Waals surface area contributed by atoms with Crippen LogP contribution in [0.25, 0.3) is 0 Å². The highest BCUT2D eigenvalue weighted by Gasteiger charge is 2.22. The zero-order chi connectivity index (χ0) is 14.5. The van der Waals surface area contributed by atoms with Crippen molar-refractivity contribution >= 4 is 17.7 Å². The Bertz CT molecular complexity index is 409. The molecule has 1 rings (SSSR count). The Labute approximate surface area is 119 Å². The molecule has 0 aromatic heterocycles. The number of thioether (sulfide) groups is 1. The number of benzene rings is 1. The third-order valence-corrected chi connectivity index (χ3v) is 3.90. The monoisotopic (exact) mass is 281 g/mol. The lowest BCUT2D eigenvalue weighted by Crippen LogP contribution is -2.39. The Balaban J connectivity index is 2.30. The minimum absolute atomic E-state index is 0.0473. The fourth-order valence-corrected chi connectivity index (χ4v) is 2.08. The van der Waals surface area contributed by atoms with Crippen molar-refractivity contribution in [2.45, 2.75) is 38.7 Å². The number of rotatable bonds is 5. The quantitative estimate of drug-likeness (QED) is 0.816. The highest BCUT2D eigenvalue weighted by Crippen LogP contribution is 2.19. The van der Waals surface area contributed by atoms with E-state index in [0.29, 0.717) is 12.3 Å². The molecule has 1 aromatic rings. The van der Waals surface area contributed by atoms with E-state index in [-0.39, 0.29) is 11.3 Å². The second kappa shape index (κ2) is 6.96. The fraction of sp³-hybridized carbons (Fsp3) is 0.533. The molecule has 0 saturated heterocycles. The molecule has 0 spiro atoms. The molecule has 1 unspecified atom stereocenters. The molecule has 0 aliphatic carbocycles. The number of amides is 1. The van der Waals surface area contributed by atoms with Gasteiger partial charge in [-0.15, -0.1) is 11.8 Å². The van der Waals surface area contributed by atoms with Crippen molar-refractivity contribution in [3.63, 3.8) is 0 Å². The van der Waals surface area contributed by atoms with E-state index in [0.717, 1.165) is 4.90 Å². The zero-order valence-electron chi connectivity index (χ0n) is 12.1. The van der Waals surface area contributed by atoms with Gasteiger partial charge in [-0.3, -0.25) is 4.79 Å². The van der Waals surface area contributed by atoms with Crippen molar-refractivity contribution in [3.8, 4) is 0 Å². The highest BCUT2D eigenvalue weighted by molar-refractivity contribution is 8.00. The summed E-state index contributed by atoms with van der Waals surface area (Å²) in [6.07, 6.45) is -0.527. The van der Waals surface area contributed by atoms with Gasteiger partial charge in [0, 0.05) is 11.4 Å². The molecule has 1 aromatic carbocycles. The molecule has 2 N–H and O–H groups in total. The van der Waals surface area contributed by atoms with Crippen LogP contribution >= 0.6 is 11.8 Å². The number of nitrogens with one attached hydrogen (secondary N) is 1. The minimum Gasteiger partial charge on any atom is -0.391 e. The summed E-state index contributed by atoms with van der Waals surface area (Å²) in [5, 5.41) is 12.6. The van der Waals surface area contributed by atoms with Crippen LogP contribution in [0.3, 0.4) is 0 Å². The molecule has 0 aliphatic heterocycles. The molecule has 1 atom stereocenters. The third-order valence-electron chi connectivity index (χ3n) is 2.88. The summed E-state index contributed by atoms with van der Waals surface area (Å²) in [7, 11) is 0. The molecule has 3 nitrogen and oxygen atoms in total. The Hall–Kier alpha value is -1.00. The van der Waals surface area contributed by atoms with Crippen LogP contribution in [0.15, 0.2) is 29.2 Å². The van der Waals surface area contributed by atoms with Gasteiger partial charge in [0.1, 0.15) is 0 Å².